The second kappa shape index (κ2) is 9.35. The van der Waals surface area contributed by atoms with Crippen molar-refractivity contribution in [2.45, 2.75) is 24.0 Å². The van der Waals surface area contributed by atoms with Crippen molar-refractivity contribution in [3.8, 4) is 11.5 Å². The monoisotopic (exact) mass is 428 g/mol. The molecule has 0 aliphatic rings. The lowest BCUT2D eigenvalue weighted by atomic mass is 10.2. The fourth-order valence-corrected chi connectivity index (χ4v) is 4.01. The van der Waals surface area contributed by atoms with Crippen molar-refractivity contribution in [1.29, 1.82) is 0 Å². The minimum absolute atomic E-state index is 0.0440. The highest BCUT2D eigenvalue weighted by Crippen LogP contribution is 2.26. The number of hydrogen-bond donors (Lipinski definition) is 2. The molecule has 0 heterocycles. The van der Waals surface area contributed by atoms with Gasteiger partial charge in [0, 0.05) is 19.2 Å². The summed E-state index contributed by atoms with van der Waals surface area (Å²) in [7, 11) is -1.46. The third-order valence-corrected chi connectivity index (χ3v) is 6.24. The van der Waals surface area contributed by atoms with Crippen LogP contribution >= 0.6 is 11.6 Å². The molecule has 0 radical (unpaired) electrons. The van der Waals surface area contributed by atoms with Crippen molar-refractivity contribution < 1.29 is 27.9 Å². The largest absolute Gasteiger partial charge is 0.457 e. The van der Waals surface area contributed by atoms with Gasteiger partial charge in [-0.05, 0) is 55.5 Å². The molecule has 8 nitrogen and oxygen atoms in total. The minimum Gasteiger partial charge on any atom is -0.457 e. The number of hydroxylamine groups is 1. The molecule has 0 saturated carbocycles. The van der Waals surface area contributed by atoms with Crippen LogP contribution in [0.2, 0.25) is 5.02 Å². The second-order valence-corrected chi connectivity index (χ2v) is 8.34. The van der Waals surface area contributed by atoms with Gasteiger partial charge in [-0.1, -0.05) is 11.6 Å². The third kappa shape index (κ3) is 5.00. The topological polar surface area (TPSA) is 105 Å². The van der Waals surface area contributed by atoms with E-state index < -0.39 is 28.1 Å². The van der Waals surface area contributed by atoms with E-state index in [9.17, 15) is 13.2 Å². The molecule has 10 heteroatoms. The van der Waals surface area contributed by atoms with Crippen LogP contribution in [0.3, 0.4) is 0 Å². The highest BCUT2D eigenvalue weighted by molar-refractivity contribution is 7.89. The van der Waals surface area contributed by atoms with E-state index in [1.807, 2.05) is 0 Å². The van der Waals surface area contributed by atoms with Gasteiger partial charge in [-0.3, -0.25) is 10.0 Å². The number of nitrogens with zero attached hydrogens (tertiary/aromatic N) is 1. The number of hydrogen-bond acceptors (Lipinski definition) is 6. The van der Waals surface area contributed by atoms with Gasteiger partial charge in [0.15, 0.2) is 0 Å². The number of amides is 1. The predicted molar refractivity (Wildman–Crippen MR) is 103 cm³/mol. The van der Waals surface area contributed by atoms with Crippen molar-refractivity contribution >= 4 is 27.5 Å². The lowest BCUT2D eigenvalue weighted by Gasteiger charge is -2.29. The van der Waals surface area contributed by atoms with Crippen LogP contribution in [-0.4, -0.2) is 50.1 Å². The Morgan fingerprint density at radius 1 is 1.11 bits per heavy atom. The Morgan fingerprint density at radius 3 is 2.07 bits per heavy atom. The van der Waals surface area contributed by atoms with E-state index in [4.69, 9.17) is 26.3 Å². The lowest BCUT2D eigenvalue weighted by Crippen LogP contribution is -2.52. The van der Waals surface area contributed by atoms with Crippen LogP contribution < -0.4 is 10.2 Å². The smallest absolute Gasteiger partial charge is 0.264 e. The molecule has 2 rings (SSSR count). The van der Waals surface area contributed by atoms with E-state index in [2.05, 4.69) is 0 Å². The Labute approximate surface area is 168 Å². The van der Waals surface area contributed by atoms with Gasteiger partial charge in [0.05, 0.1) is 11.0 Å². The molecule has 0 aliphatic carbocycles. The number of likely N-dealkylation sites (N-methyl/N-ethyl adjacent to an activating group) is 1. The number of carbonyl (C=O) groups is 1. The third-order valence-electron chi connectivity index (χ3n) is 4.14. The van der Waals surface area contributed by atoms with Gasteiger partial charge in [-0.25, -0.2) is 13.9 Å². The number of carbonyl (C=O) groups excluding carboxylic acids is 1. The summed E-state index contributed by atoms with van der Waals surface area (Å²) >= 11 is 5.83. The highest BCUT2D eigenvalue weighted by atomic mass is 35.5. The molecule has 2 aromatic rings. The molecule has 0 aliphatic heterocycles. The van der Waals surface area contributed by atoms with Crippen LogP contribution in [0, 0.1) is 0 Å². The maximum absolute atomic E-state index is 12.9. The van der Waals surface area contributed by atoms with E-state index in [0.717, 1.165) is 4.31 Å². The van der Waals surface area contributed by atoms with Crippen molar-refractivity contribution in [3.05, 3.63) is 53.6 Å². The summed E-state index contributed by atoms with van der Waals surface area (Å²) in [5, 5.41) is 9.50. The van der Waals surface area contributed by atoms with Crippen molar-refractivity contribution in [1.82, 2.24) is 9.79 Å². The van der Waals surface area contributed by atoms with E-state index in [0.29, 0.717) is 16.5 Å². The maximum Gasteiger partial charge on any atom is 0.264 e. The molecular weight excluding hydrogens is 408 g/mol. The fraction of sp³-hybridized carbons (Fsp3) is 0.278. The average molecular weight is 429 g/mol. The van der Waals surface area contributed by atoms with Gasteiger partial charge in [0.2, 0.25) is 10.0 Å². The summed E-state index contributed by atoms with van der Waals surface area (Å²) in [6, 6.07) is 11.2. The van der Waals surface area contributed by atoms with Gasteiger partial charge >= 0.3 is 0 Å². The SMILES string of the molecule is COC(C)C(C(=O)NO)N(C)S(=O)(=O)c1ccc(Oc2ccc(Cl)cc2)cc1. The zero-order chi connectivity index (χ0) is 20.9. The maximum atomic E-state index is 12.9. The fourth-order valence-electron chi connectivity index (χ4n) is 2.50. The molecule has 0 fully saturated rings. The molecule has 28 heavy (non-hydrogen) atoms. The van der Waals surface area contributed by atoms with Crippen LogP contribution in [0.4, 0.5) is 0 Å². The minimum atomic E-state index is -4.04. The Balaban J connectivity index is 2.24. The molecule has 0 saturated heterocycles. The second-order valence-electron chi connectivity index (χ2n) is 5.91. The van der Waals surface area contributed by atoms with Crippen molar-refractivity contribution in [3.63, 3.8) is 0 Å². The van der Waals surface area contributed by atoms with Gasteiger partial charge < -0.3 is 9.47 Å². The molecule has 2 aromatic carbocycles. The standard InChI is InChI=1S/C18H21ClN2O6S/c1-12(26-3)17(18(22)20-23)21(2)28(24,25)16-10-8-15(9-11-16)27-14-6-4-13(19)5-7-14/h4-12,17,23H,1-3H3,(H,20,22). The zero-order valence-electron chi connectivity index (χ0n) is 15.5. The molecule has 2 unspecified atom stereocenters. The Morgan fingerprint density at radius 2 is 1.61 bits per heavy atom. The van der Waals surface area contributed by atoms with E-state index in [-0.39, 0.29) is 4.90 Å². The summed E-state index contributed by atoms with van der Waals surface area (Å²) in [6.45, 7) is 1.52. The van der Waals surface area contributed by atoms with Crippen molar-refractivity contribution in [2.24, 2.45) is 0 Å². The zero-order valence-corrected chi connectivity index (χ0v) is 17.1. The van der Waals surface area contributed by atoms with Gasteiger partial charge in [0.25, 0.3) is 5.91 Å². The number of nitrogens with one attached hydrogen (secondary N) is 1. The number of methoxy groups -OCH3 is 1. The van der Waals surface area contributed by atoms with Crippen LogP contribution in [0.5, 0.6) is 11.5 Å². The lowest BCUT2D eigenvalue weighted by molar-refractivity contribution is -0.136. The first-order chi connectivity index (χ1) is 13.2. The Bertz CT molecular complexity index is 903. The first-order valence-corrected chi connectivity index (χ1v) is 10.0. The van der Waals surface area contributed by atoms with E-state index in [1.54, 1.807) is 24.3 Å². The van der Waals surface area contributed by atoms with E-state index in [1.165, 1.54) is 50.8 Å². The predicted octanol–water partition coefficient (Wildman–Crippen LogP) is 2.66. The summed E-state index contributed by atoms with van der Waals surface area (Å²) in [5.41, 5.74) is 1.47. The Kier molecular flexibility index (Phi) is 7.39. The van der Waals surface area contributed by atoms with Crippen LogP contribution in [0.15, 0.2) is 53.4 Å². The molecule has 2 atom stereocenters. The Hall–Kier alpha value is -2.17. The molecule has 0 bridgehead atoms. The molecule has 0 spiro atoms. The number of rotatable bonds is 8. The summed E-state index contributed by atoms with van der Waals surface area (Å²) in [5.74, 6) is 0.0766. The van der Waals surface area contributed by atoms with Crippen molar-refractivity contribution in [2.75, 3.05) is 14.2 Å². The summed E-state index contributed by atoms with van der Waals surface area (Å²) < 4.78 is 37.3. The highest BCUT2D eigenvalue weighted by Gasteiger charge is 2.37. The average Bonchev–Trinajstić information content (AvgIpc) is 2.69. The number of benzene rings is 2. The van der Waals surface area contributed by atoms with Crippen LogP contribution in [-0.2, 0) is 19.6 Å². The summed E-state index contributed by atoms with van der Waals surface area (Å²) in [4.78, 5) is 11.9. The molecule has 152 valence electrons. The number of ether oxygens (including phenoxy) is 2. The summed E-state index contributed by atoms with van der Waals surface area (Å²) in [6.07, 6.45) is -0.792. The molecule has 1 amide bonds. The van der Waals surface area contributed by atoms with Gasteiger partial charge in [-0.15, -0.1) is 0 Å². The number of halogens is 1. The first-order valence-electron chi connectivity index (χ1n) is 8.19. The van der Waals surface area contributed by atoms with Gasteiger partial charge in [0.1, 0.15) is 17.5 Å². The quantitative estimate of drug-likeness (QED) is 0.494. The van der Waals surface area contributed by atoms with Crippen LogP contribution in [0.1, 0.15) is 6.92 Å². The first kappa shape index (κ1) is 22.1. The van der Waals surface area contributed by atoms with E-state index >= 15 is 0 Å². The normalized spacial score (nSPS) is 13.8. The van der Waals surface area contributed by atoms with Gasteiger partial charge in [-0.2, -0.15) is 4.31 Å². The number of sulfonamides is 1. The molecule has 0 aromatic heterocycles. The van der Waals surface area contributed by atoms with Crippen LogP contribution in [0.25, 0.3) is 0 Å². The molecule has 2 N–H and O–H groups in total. The molecular formula is C18H21ClN2O6S.